The Hall–Kier alpha value is -1.02. The third kappa shape index (κ3) is 3.74. The van der Waals surface area contributed by atoms with Crippen LogP contribution in [0.4, 0.5) is 0 Å². The minimum Gasteiger partial charge on any atom is -0.350 e. The van der Waals surface area contributed by atoms with Gasteiger partial charge < -0.3 is 5.32 Å². The highest BCUT2D eigenvalue weighted by Gasteiger charge is 2.24. The van der Waals surface area contributed by atoms with Crippen LogP contribution < -0.4 is 5.32 Å². The van der Waals surface area contributed by atoms with Crippen molar-refractivity contribution in [1.82, 2.24) is 5.32 Å². The molecule has 1 unspecified atom stereocenters. The van der Waals surface area contributed by atoms with Crippen molar-refractivity contribution in [2.45, 2.75) is 38.1 Å². The van der Waals surface area contributed by atoms with Gasteiger partial charge in [0.15, 0.2) is 0 Å². The lowest BCUT2D eigenvalue weighted by Crippen LogP contribution is -2.32. The fourth-order valence-corrected chi connectivity index (χ4v) is 2.14. The minimum atomic E-state index is 0.0132. The topological polar surface area (TPSA) is 29.1 Å². The first kappa shape index (κ1) is 12.4. The second-order valence-corrected chi connectivity index (χ2v) is 5.15. The zero-order chi connectivity index (χ0) is 12.3. The van der Waals surface area contributed by atoms with Gasteiger partial charge in [-0.2, -0.15) is 0 Å². The van der Waals surface area contributed by atoms with Gasteiger partial charge >= 0.3 is 0 Å². The van der Waals surface area contributed by atoms with Crippen LogP contribution in [0.5, 0.6) is 0 Å². The van der Waals surface area contributed by atoms with Crippen molar-refractivity contribution in [1.29, 1.82) is 0 Å². The van der Waals surface area contributed by atoms with E-state index >= 15 is 0 Å². The molecule has 1 amide bonds. The van der Waals surface area contributed by atoms with Crippen LogP contribution in [0.2, 0.25) is 0 Å². The lowest BCUT2D eigenvalue weighted by Gasteiger charge is -2.13. The number of benzene rings is 1. The zero-order valence-corrected chi connectivity index (χ0v) is 10.8. The van der Waals surface area contributed by atoms with E-state index in [-0.39, 0.29) is 11.9 Å². The smallest absolute Gasteiger partial charge is 0.251 e. The normalized spacial score (nSPS) is 16.6. The van der Waals surface area contributed by atoms with Gasteiger partial charge in [0.1, 0.15) is 0 Å². The predicted molar refractivity (Wildman–Crippen MR) is 70.3 cm³/mol. The standard InChI is InChI=1S/C14H18ClNO/c1-10(8-11-2-3-11)16-14(17)13-6-4-12(9-15)5-7-13/h4-7,10-11H,2-3,8-9H2,1H3,(H,16,17). The van der Waals surface area contributed by atoms with E-state index in [1.54, 1.807) is 0 Å². The second kappa shape index (κ2) is 5.54. The molecule has 1 fully saturated rings. The van der Waals surface area contributed by atoms with Gasteiger partial charge in [0.25, 0.3) is 5.91 Å². The van der Waals surface area contributed by atoms with Crippen LogP contribution in [0.1, 0.15) is 42.1 Å². The summed E-state index contributed by atoms with van der Waals surface area (Å²) in [5, 5.41) is 3.03. The SMILES string of the molecule is CC(CC1CC1)NC(=O)c1ccc(CCl)cc1. The monoisotopic (exact) mass is 251 g/mol. The Kier molecular flexibility index (Phi) is 4.06. The molecule has 2 nitrogen and oxygen atoms in total. The molecule has 0 saturated heterocycles. The molecular formula is C14H18ClNO. The molecule has 0 aliphatic heterocycles. The van der Waals surface area contributed by atoms with E-state index in [1.807, 2.05) is 24.3 Å². The van der Waals surface area contributed by atoms with E-state index in [2.05, 4.69) is 12.2 Å². The quantitative estimate of drug-likeness (QED) is 0.799. The Bertz CT molecular complexity index is 384. The van der Waals surface area contributed by atoms with E-state index in [0.29, 0.717) is 11.4 Å². The van der Waals surface area contributed by atoms with Crippen molar-refractivity contribution in [3.8, 4) is 0 Å². The highest BCUT2D eigenvalue weighted by molar-refractivity contribution is 6.17. The van der Waals surface area contributed by atoms with Crippen molar-refractivity contribution in [2.75, 3.05) is 0 Å². The fraction of sp³-hybridized carbons (Fsp3) is 0.500. The average molecular weight is 252 g/mol. The van der Waals surface area contributed by atoms with Gasteiger partial charge in [0.2, 0.25) is 0 Å². The van der Waals surface area contributed by atoms with Gasteiger partial charge in [-0.3, -0.25) is 4.79 Å². The van der Waals surface area contributed by atoms with Crippen LogP contribution in [0.15, 0.2) is 24.3 Å². The molecule has 1 aromatic rings. The van der Waals surface area contributed by atoms with Crippen LogP contribution in [-0.2, 0) is 5.88 Å². The lowest BCUT2D eigenvalue weighted by atomic mass is 10.1. The molecule has 0 bridgehead atoms. The van der Waals surface area contributed by atoms with Crippen LogP contribution >= 0.6 is 11.6 Å². The van der Waals surface area contributed by atoms with Crippen molar-refractivity contribution in [2.24, 2.45) is 5.92 Å². The molecule has 92 valence electrons. The van der Waals surface area contributed by atoms with Crippen LogP contribution in [0.3, 0.4) is 0 Å². The summed E-state index contributed by atoms with van der Waals surface area (Å²) >= 11 is 5.71. The van der Waals surface area contributed by atoms with Crippen LogP contribution in [0, 0.1) is 5.92 Å². The second-order valence-electron chi connectivity index (χ2n) is 4.88. The zero-order valence-electron chi connectivity index (χ0n) is 10.1. The molecule has 0 radical (unpaired) electrons. The molecule has 17 heavy (non-hydrogen) atoms. The first-order valence-electron chi connectivity index (χ1n) is 6.15. The summed E-state index contributed by atoms with van der Waals surface area (Å²) in [6, 6.07) is 7.72. The summed E-state index contributed by atoms with van der Waals surface area (Å²) in [7, 11) is 0. The summed E-state index contributed by atoms with van der Waals surface area (Å²) in [6.07, 6.45) is 3.75. The lowest BCUT2D eigenvalue weighted by molar-refractivity contribution is 0.0937. The summed E-state index contributed by atoms with van der Waals surface area (Å²) < 4.78 is 0. The third-order valence-corrected chi connectivity index (χ3v) is 3.44. The van der Waals surface area contributed by atoms with E-state index < -0.39 is 0 Å². The van der Waals surface area contributed by atoms with Crippen molar-refractivity contribution >= 4 is 17.5 Å². The molecule has 2 rings (SSSR count). The Morgan fingerprint density at radius 2 is 2.06 bits per heavy atom. The van der Waals surface area contributed by atoms with Gasteiger partial charge in [-0.25, -0.2) is 0 Å². The third-order valence-electron chi connectivity index (χ3n) is 3.13. The van der Waals surface area contributed by atoms with E-state index in [9.17, 15) is 4.79 Å². The van der Waals surface area contributed by atoms with Crippen molar-refractivity contribution < 1.29 is 4.79 Å². The average Bonchev–Trinajstić information content (AvgIpc) is 3.12. The first-order chi connectivity index (χ1) is 8.19. The maximum atomic E-state index is 11.9. The van der Waals surface area contributed by atoms with Gasteiger partial charge in [0.05, 0.1) is 0 Å². The Balaban J connectivity index is 1.88. The molecule has 1 aromatic carbocycles. The van der Waals surface area contributed by atoms with Crippen LogP contribution in [-0.4, -0.2) is 11.9 Å². The molecule has 1 aliphatic rings. The van der Waals surface area contributed by atoms with E-state index in [4.69, 9.17) is 11.6 Å². The molecule has 1 N–H and O–H groups in total. The Morgan fingerprint density at radius 1 is 1.41 bits per heavy atom. The summed E-state index contributed by atoms with van der Waals surface area (Å²) in [5.41, 5.74) is 1.75. The highest BCUT2D eigenvalue weighted by atomic mass is 35.5. The Morgan fingerprint density at radius 3 is 2.59 bits per heavy atom. The number of halogens is 1. The largest absolute Gasteiger partial charge is 0.350 e. The maximum absolute atomic E-state index is 11.9. The molecule has 1 atom stereocenters. The molecule has 0 aromatic heterocycles. The molecule has 3 heteroatoms. The van der Waals surface area contributed by atoms with Crippen molar-refractivity contribution in [3.63, 3.8) is 0 Å². The number of carbonyl (C=O) groups is 1. The minimum absolute atomic E-state index is 0.0132. The molecular weight excluding hydrogens is 234 g/mol. The maximum Gasteiger partial charge on any atom is 0.251 e. The number of hydrogen-bond donors (Lipinski definition) is 1. The highest BCUT2D eigenvalue weighted by Crippen LogP contribution is 2.33. The summed E-state index contributed by atoms with van der Waals surface area (Å²) in [5.74, 6) is 1.34. The van der Waals surface area contributed by atoms with E-state index in [1.165, 1.54) is 12.8 Å². The number of alkyl halides is 1. The van der Waals surface area contributed by atoms with Gasteiger partial charge in [-0.1, -0.05) is 25.0 Å². The van der Waals surface area contributed by atoms with Gasteiger partial charge in [-0.15, -0.1) is 11.6 Å². The summed E-state index contributed by atoms with van der Waals surface area (Å²) in [4.78, 5) is 11.9. The molecule has 0 spiro atoms. The van der Waals surface area contributed by atoms with Crippen molar-refractivity contribution in [3.05, 3.63) is 35.4 Å². The van der Waals surface area contributed by atoms with E-state index in [0.717, 1.165) is 17.9 Å². The number of hydrogen-bond acceptors (Lipinski definition) is 1. The predicted octanol–water partition coefficient (Wildman–Crippen LogP) is 3.34. The number of carbonyl (C=O) groups excluding carboxylic acids is 1. The number of rotatable bonds is 5. The van der Waals surface area contributed by atoms with Crippen LogP contribution in [0.25, 0.3) is 0 Å². The molecule has 1 aliphatic carbocycles. The molecule has 0 heterocycles. The number of amides is 1. The fourth-order valence-electron chi connectivity index (χ4n) is 1.96. The van der Waals surface area contributed by atoms with Gasteiger partial charge in [0, 0.05) is 17.5 Å². The molecule has 1 saturated carbocycles. The van der Waals surface area contributed by atoms with Gasteiger partial charge in [-0.05, 0) is 37.0 Å². The summed E-state index contributed by atoms with van der Waals surface area (Å²) in [6.45, 7) is 2.07. The first-order valence-corrected chi connectivity index (χ1v) is 6.68. The number of nitrogens with one attached hydrogen (secondary N) is 1. The Labute approximate surface area is 107 Å².